The number of anilines is 1. The second kappa shape index (κ2) is 10.1. The molecule has 1 aliphatic rings. The quantitative estimate of drug-likeness (QED) is 0.307. The van der Waals surface area contributed by atoms with Crippen LogP contribution in [0.3, 0.4) is 0 Å². The van der Waals surface area contributed by atoms with E-state index in [0.29, 0.717) is 16.1 Å². The molecule has 0 atom stereocenters. The first kappa shape index (κ1) is 24.7. The van der Waals surface area contributed by atoms with Crippen LogP contribution in [0.4, 0.5) is 14.9 Å². The summed E-state index contributed by atoms with van der Waals surface area (Å²) in [6.07, 6.45) is 1.27. The molecule has 0 saturated carbocycles. The van der Waals surface area contributed by atoms with Gasteiger partial charge in [0.05, 0.1) is 15.7 Å². The zero-order chi connectivity index (χ0) is 25.3. The molecule has 1 heterocycles. The molecule has 3 aromatic carbocycles. The summed E-state index contributed by atoms with van der Waals surface area (Å²) in [4.78, 5) is 38.7. The molecular weight excluding hydrogens is 518 g/mol. The molecule has 1 aliphatic heterocycles. The number of hydrogen-bond donors (Lipinski definition) is 1. The van der Waals surface area contributed by atoms with Crippen LogP contribution in [-0.4, -0.2) is 17.8 Å². The van der Waals surface area contributed by atoms with E-state index >= 15 is 0 Å². The fourth-order valence-corrected chi connectivity index (χ4v) is 4.10. The highest BCUT2D eigenvalue weighted by molar-refractivity contribution is 6.40. The van der Waals surface area contributed by atoms with Crippen LogP contribution in [0.2, 0.25) is 15.1 Å². The molecule has 0 unspecified atom stereocenters. The third-order valence-corrected chi connectivity index (χ3v) is 6.11. The van der Waals surface area contributed by atoms with Gasteiger partial charge in [-0.25, -0.2) is 14.1 Å². The summed E-state index contributed by atoms with van der Waals surface area (Å²) in [6, 6.07) is 12.4. The molecule has 10 heteroatoms. The molecule has 178 valence electrons. The number of hydrogen-bond acceptors (Lipinski definition) is 4. The van der Waals surface area contributed by atoms with Gasteiger partial charge in [0.2, 0.25) is 0 Å². The summed E-state index contributed by atoms with van der Waals surface area (Å²) < 4.78 is 18.7. The lowest BCUT2D eigenvalue weighted by Crippen LogP contribution is -2.54. The Morgan fingerprint density at radius 1 is 0.943 bits per heavy atom. The number of carbonyl (C=O) groups excluding carboxylic acids is 3. The maximum absolute atomic E-state index is 13.1. The van der Waals surface area contributed by atoms with E-state index in [2.05, 4.69) is 5.32 Å². The van der Waals surface area contributed by atoms with Crippen molar-refractivity contribution in [3.8, 4) is 5.75 Å². The molecule has 6 nitrogen and oxygen atoms in total. The molecule has 35 heavy (non-hydrogen) atoms. The van der Waals surface area contributed by atoms with E-state index in [1.165, 1.54) is 36.4 Å². The van der Waals surface area contributed by atoms with Crippen molar-refractivity contribution in [1.29, 1.82) is 0 Å². The van der Waals surface area contributed by atoms with E-state index in [4.69, 9.17) is 39.5 Å². The van der Waals surface area contributed by atoms with Gasteiger partial charge in [-0.05, 0) is 66.1 Å². The van der Waals surface area contributed by atoms with Gasteiger partial charge in [0.15, 0.2) is 5.75 Å². The van der Waals surface area contributed by atoms with Crippen LogP contribution in [0.25, 0.3) is 6.08 Å². The van der Waals surface area contributed by atoms with E-state index in [9.17, 15) is 18.8 Å². The number of amides is 4. The van der Waals surface area contributed by atoms with Crippen molar-refractivity contribution < 1.29 is 23.5 Å². The van der Waals surface area contributed by atoms with E-state index in [-0.39, 0.29) is 39.5 Å². The Hall–Kier alpha value is -3.39. The van der Waals surface area contributed by atoms with Crippen LogP contribution in [0.5, 0.6) is 5.75 Å². The second-order valence-electron chi connectivity index (χ2n) is 7.62. The van der Waals surface area contributed by atoms with Crippen LogP contribution in [0.15, 0.2) is 60.2 Å². The molecule has 0 aliphatic carbocycles. The van der Waals surface area contributed by atoms with Gasteiger partial charge in [-0.1, -0.05) is 53.0 Å². The molecule has 1 saturated heterocycles. The highest BCUT2D eigenvalue weighted by atomic mass is 35.5. The molecule has 1 N–H and O–H groups in total. The number of barbiturate groups is 1. The number of rotatable bonds is 5. The number of halogens is 4. The van der Waals surface area contributed by atoms with Crippen LogP contribution >= 0.6 is 34.8 Å². The molecule has 0 bridgehead atoms. The summed E-state index contributed by atoms with van der Waals surface area (Å²) in [6.45, 7) is 1.87. The number of benzene rings is 3. The number of ether oxygens (including phenoxy) is 1. The summed E-state index contributed by atoms with van der Waals surface area (Å²) in [5.41, 5.74) is 1.72. The maximum Gasteiger partial charge on any atom is 0.335 e. The first-order valence-corrected chi connectivity index (χ1v) is 11.3. The molecule has 4 amide bonds. The number of nitrogens with zero attached hydrogens (tertiary/aromatic N) is 1. The smallest absolute Gasteiger partial charge is 0.335 e. The first-order valence-electron chi connectivity index (χ1n) is 10.2. The van der Waals surface area contributed by atoms with Crippen LogP contribution in [0.1, 0.15) is 16.7 Å². The minimum atomic E-state index is -0.891. The fourth-order valence-electron chi connectivity index (χ4n) is 3.32. The van der Waals surface area contributed by atoms with Gasteiger partial charge >= 0.3 is 6.03 Å². The third kappa shape index (κ3) is 5.32. The fraction of sp³-hybridized carbons (Fsp3) is 0.0800. The molecule has 4 rings (SSSR count). The standard InChI is InChI=1S/C25H16Cl3FN2O4/c1-13-2-7-17(11-19(13)26)31-24(33)18(23(32)30-25(31)34)8-15-9-20(27)22(21(28)10-15)35-12-14-3-5-16(29)6-4-14/h2-11H,12H2,1H3,(H,30,32,34)/b18-8-. The Morgan fingerprint density at radius 3 is 2.23 bits per heavy atom. The van der Waals surface area contributed by atoms with Gasteiger partial charge in [0, 0.05) is 5.02 Å². The number of carbonyl (C=O) groups is 3. The highest BCUT2D eigenvalue weighted by Crippen LogP contribution is 2.36. The number of imide groups is 2. The Morgan fingerprint density at radius 2 is 1.60 bits per heavy atom. The summed E-state index contributed by atoms with van der Waals surface area (Å²) in [5.74, 6) is -1.87. The Labute approximate surface area is 214 Å². The molecule has 0 aromatic heterocycles. The number of aryl methyl sites for hydroxylation is 1. The van der Waals surface area contributed by atoms with Crippen LogP contribution in [0, 0.1) is 12.7 Å². The molecule has 1 fully saturated rings. The summed E-state index contributed by atoms with van der Waals surface area (Å²) in [5, 5.41) is 2.77. The monoisotopic (exact) mass is 532 g/mol. The minimum Gasteiger partial charge on any atom is -0.486 e. The van der Waals surface area contributed by atoms with Crippen LogP contribution in [-0.2, 0) is 16.2 Å². The second-order valence-corrected chi connectivity index (χ2v) is 8.84. The van der Waals surface area contributed by atoms with Crippen molar-refractivity contribution in [3.05, 3.63) is 97.7 Å². The Bertz CT molecular complexity index is 1370. The van der Waals surface area contributed by atoms with Crippen molar-refractivity contribution in [3.63, 3.8) is 0 Å². The lowest BCUT2D eigenvalue weighted by Gasteiger charge is -2.26. The van der Waals surface area contributed by atoms with Gasteiger partial charge in [0.1, 0.15) is 18.0 Å². The van der Waals surface area contributed by atoms with Gasteiger partial charge in [-0.3, -0.25) is 14.9 Å². The lowest BCUT2D eigenvalue weighted by atomic mass is 10.1. The van der Waals surface area contributed by atoms with E-state index < -0.39 is 17.8 Å². The van der Waals surface area contributed by atoms with E-state index in [1.807, 2.05) is 0 Å². The van der Waals surface area contributed by atoms with Crippen molar-refractivity contribution in [2.75, 3.05) is 4.90 Å². The summed E-state index contributed by atoms with van der Waals surface area (Å²) >= 11 is 18.8. The average molecular weight is 534 g/mol. The zero-order valence-electron chi connectivity index (χ0n) is 18.1. The predicted molar refractivity (Wildman–Crippen MR) is 132 cm³/mol. The van der Waals surface area contributed by atoms with Gasteiger partial charge in [0.25, 0.3) is 11.8 Å². The van der Waals surface area contributed by atoms with Crippen molar-refractivity contribution in [2.24, 2.45) is 0 Å². The van der Waals surface area contributed by atoms with Gasteiger partial charge in [-0.2, -0.15) is 0 Å². The van der Waals surface area contributed by atoms with Gasteiger partial charge < -0.3 is 4.74 Å². The molecular formula is C25H16Cl3FN2O4. The Kier molecular flexibility index (Phi) is 7.12. The van der Waals surface area contributed by atoms with Crippen molar-refractivity contribution in [1.82, 2.24) is 5.32 Å². The SMILES string of the molecule is Cc1ccc(N2C(=O)NC(=O)/C(=C/c3cc(Cl)c(OCc4ccc(F)cc4)c(Cl)c3)C2=O)cc1Cl. The summed E-state index contributed by atoms with van der Waals surface area (Å²) in [7, 11) is 0. The topological polar surface area (TPSA) is 75.7 Å². The third-order valence-electron chi connectivity index (χ3n) is 5.14. The largest absolute Gasteiger partial charge is 0.486 e. The lowest BCUT2D eigenvalue weighted by molar-refractivity contribution is -0.122. The highest BCUT2D eigenvalue weighted by Gasteiger charge is 2.37. The maximum atomic E-state index is 13.1. The van der Waals surface area contributed by atoms with E-state index in [1.54, 1.807) is 31.2 Å². The molecule has 0 spiro atoms. The first-order chi connectivity index (χ1) is 16.6. The van der Waals surface area contributed by atoms with Gasteiger partial charge in [-0.15, -0.1) is 0 Å². The van der Waals surface area contributed by atoms with Crippen molar-refractivity contribution in [2.45, 2.75) is 13.5 Å². The van der Waals surface area contributed by atoms with E-state index in [0.717, 1.165) is 10.5 Å². The number of nitrogens with one attached hydrogen (secondary N) is 1. The zero-order valence-corrected chi connectivity index (χ0v) is 20.3. The molecule has 3 aromatic rings. The normalized spacial score (nSPS) is 14.9. The number of urea groups is 1. The van der Waals surface area contributed by atoms with Crippen LogP contribution < -0.4 is 15.0 Å². The molecule has 0 radical (unpaired) electrons. The average Bonchev–Trinajstić information content (AvgIpc) is 2.79. The Balaban J connectivity index is 1.61. The van der Waals surface area contributed by atoms with Crippen molar-refractivity contribution >= 4 is 64.4 Å². The predicted octanol–water partition coefficient (Wildman–Crippen LogP) is 6.34. The minimum absolute atomic E-state index is 0.0945.